The smallest absolute Gasteiger partial charge is 0.230 e. The molecule has 0 aromatic heterocycles. The summed E-state index contributed by atoms with van der Waals surface area (Å²) in [4.78, 5) is 14.0. The molecule has 2 atom stereocenters. The van der Waals surface area contributed by atoms with Gasteiger partial charge in [-0.1, -0.05) is 13.0 Å². The lowest BCUT2D eigenvalue weighted by molar-refractivity contribution is -0.120. The Bertz CT molecular complexity index is 436. The Morgan fingerprint density at radius 3 is 2.83 bits per heavy atom. The highest BCUT2D eigenvalue weighted by Crippen LogP contribution is 2.40. The Morgan fingerprint density at radius 2 is 2.28 bits per heavy atom. The standard InChI is InChI=1S/C14H19FN2O/c1-10-8-13(10)14(18)17(7-3-6-16)12-5-2-4-11(15)9-12/h2,4-5,9-10,13H,3,6-8,16H2,1H3. The summed E-state index contributed by atoms with van der Waals surface area (Å²) in [6.45, 7) is 3.15. The van der Waals surface area contributed by atoms with Crippen molar-refractivity contribution in [2.45, 2.75) is 19.8 Å². The Labute approximate surface area is 107 Å². The number of benzene rings is 1. The summed E-state index contributed by atoms with van der Waals surface area (Å²) in [5.74, 6) is 0.334. The summed E-state index contributed by atoms with van der Waals surface area (Å²) in [6, 6.07) is 6.19. The maximum Gasteiger partial charge on any atom is 0.230 e. The van der Waals surface area contributed by atoms with Gasteiger partial charge in [0.25, 0.3) is 0 Å². The molecule has 0 heterocycles. The fourth-order valence-electron chi connectivity index (χ4n) is 2.13. The second-order valence-corrected chi connectivity index (χ2v) is 4.93. The average molecular weight is 250 g/mol. The zero-order chi connectivity index (χ0) is 13.1. The quantitative estimate of drug-likeness (QED) is 0.870. The summed E-state index contributed by atoms with van der Waals surface area (Å²) >= 11 is 0. The molecule has 1 aromatic rings. The van der Waals surface area contributed by atoms with E-state index in [1.54, 1.807) is 17.0 Å². The molecule has 18 heavy (non-hydrogen) atoms. The van der Waals surface area contributed by atoms with Crippen LogP contribution in [0.2, 0.25) is 0 Å². The molecule has 1 fully saturated rings. The number of carbonyl (C=O) groups excluding carboxylic acids is 1. The maximum absolute atomic E-state index is 13.2. The summed E-state index contributed by atoms with van der Waals surface area (Å²) in [5, 5.41) is 0. The minimum Gasteiger partial charge on any atom is -0.330 e. The van der Waals surface area contributed by atoms with E-state index in [2.05, 4.69) is 6.92 Å². The molecule has 2 rings (SSSR count). The molecule has 0 aliphatic heterocycles. The van der Waals surface area contributed by atoms with Gasteiger partial charge >= 0.3 is 0 Å². The van der Waals surface area contributed by atoms with Gasteiger partial charge in [-0.15, -0.1) is 0 Å². The average Bonchev–Trinajstić information content (AvgIpc) is 3.07. The van der Waals surface area contributed by atoms with E-state index in [9.17, 15) is 9.18 Å². The van der Waals surface area contributed by atoms with E-state index in [4.69, 9.17) is 5.73 Å². The second-order valence-electron chi connectivity index (χ2n) is 4.93. The molecular weight excluding hydrogens is 231 g/mol. The highest BCUT2D eigenvalue weighted by atomic mass is 19.1. The van der Waals surface area contributed by atoms with Crippen LogP contribution in [0.5, 0.6) is 0 Å². The highest BCUT2D eigenvalue weighted by molar-refractivity contribution is 5.96. The van der Waals surface area contributed by atoms with Gasteiger partial charge in [-0.2, -0.15) is 0 Å². The summed E-state index contributed by atoms with van der Waals surface area (Å²) in [7, 11) is 0. The van der Waals surface area contributed by atoms with Gasteiger partial charge in [0, 0.05) is 18.2 Å². The van der Waals surface area contributed by atoms with Crippen molar-refractivity contribution in [3.63, 3.8) is 0 Å². The molecule has 1 amide bonds. The zero-order valence-electron chi connectivity index (χ0n) is 10.6. The first-order chi connectivity index (χ1) is 8.63. The highest BCUT2D eigenvalue weighted by Gasteiger charge is 2.41. The number of carbonyl (C=O) groups is 1. The molecule has 0 bridgehead atoms. The topological polar surface area (TPSA) is 46.3 Å². The molecule has 2 unspecified atom stereocenters. The predicted octanol–water partition coefficient (Wildman–Crippen LogP) is 2.16. The third kappa shape index (κ3) is 2.88. The third-order valence-corrected chi connectivity index (χ3v) is 3.40. The van der Waals surface area contributed by atoms with E-state index >= 15 is 0 Å². The minimum atomic E-state index is -0.318. The molecule has 2 N–H and O–H groups in total. The molecule has 1 aromatic carbocycles. The second kappa shape index (κ2) is 5.48. The van der Waals surface area contributed by atoms with Gasteiger partial charge in [0.1, 0.15) is 5.82 Å². The van der Waals surface area contributed by atoms with E-state index < -0.39 is 0 Å². The van der Waals surface area contributed by atoms with E-state index in [1.807, 2.05) is 0 Å². The van der Waals surface area contributed by atoms with Gasteiger partial charge in [-0.3, -0.25) is 4.79 Å². The summed E-state index contributed by atoms with van der Waals surface area (Å²) in [6.07, 6.45) is 1.66. The van der Waals surface area contributed by atoms with E-state index in [1.165, 1.54) is 12.1 Å². The molecular formula is C14H19FN2O. The molecule has 0 saturated heterocycles. The van der Waals surface area contributed by atoms with Crippen molar-refractivity contribution in [1.82, 2.24) is 0 Å². The van der Waals surface area contributed by atoms with Crippen LogP contribution in [0.15, 0.2) is 24.3 Å². The fraction of sp³-hybridized carbons (Fsp3) is 0.500. The van der Waals surface area contributed by atoms with Crippen LogP contribution in [0.25, 0.3) is 0 Å². The largest absolute Gasteiger partial charge is 0.330 e. The SMILES string of the molecule is CC1CC1C(=O)N(CCCN)c1cccc(F)c1. The van der Waals surface area contributed by atoms with Crippen LogP contribution in [-0.2, 0) is 4.79 Å². The Morgan fingerprint density at radius 1 is 1.56 bits per heavy atom. The van der Waals surface area contributed by atoms with E-state index in [0.29, 0.717) is 24.7 Å². The Hall–Kier alpha value is -1.42. The van der Waals surface area contributed by atoms with Gasteiger partial charge in [-0.25, -0.2) is 4.39 Å². The molecule has 1 aliphatic rings. The summed E-state index contributed by atoms with van der Waals surface area (Å²) < 4.78 is 13.2. The van der Waals surface area contributed by atoms with Gasteiger partial charge in [0.2, 0.25) is 5.91 Å². The Kier molecular flexibility index (Phi) is 3.97. The Balaban J connectivity index is 2.16. The number of hydrogen-bond donors (Lipinski definition) is 1. The minimum absolute atomic E-state index is 0.0987. The van der Waals surface area contributed by atoms with Crippen LogP contribution in [0, 0.1) is 17.7 Å². The molecule has 1 aliphatic carbocycles. The van der Waals surface area contributed by atoms with Gasteiger partial charge in [0.05, 0.1) is 0 Å². The lowest BCUT2D eigenvalue weighted by Crippen LogP contribution is -2.34. The molecule has 0 radical (unpaired) electrons. The number of nitrogens with zero attached hydrogens (tertiary/aromatic N) is 1. The van der Waals surface area contributed by atoms with Gasteiger partial charge < -0.3 is 10.6 Å². The molecule has 3 nitrogen and oxygen atoms in total. The van der Waals surface area contributed by atoms with Crippen LogP contribution in [0.1, 0.15) is 19.8 Å². The fourth-order valence-corrected chi connectivity index (χ4v) is 2.13. The number of amides is 1. The van der Waals surface area contributed by atoms with Crippen molar-refractivity contribution in [3.8, 4) is 0 Å². The van der Waals surface area contributed by atoms with Crippen molar-refractivity contribution in [2.24, 2.45) is 17.6 Å². The van der Waals surface area contributed by atoms with E-state index in [-0.39, 0.29) is 17.6 Å². The maximum atomic E-state index is 13.2. The van der Waals surface area contributed by atoms with Gasteiger partial charge in [0.15, 0.2) is 0 Å². The number of anilines is 1. The normalized spacial score (nSPS) is 21.7. The van der Waals surface area contributed by atoms with Crippen LogP contribution < -0.4 is 10.6 Å². The number of rotatable bonds is 5. The van der Waals surface area contributed by atoms with Crippen LogP contribution >= 0.6 is 0 Å². The van der Waals surface area contributed by atoms with Crippen molar-refractivity contribution in [2.75, 3.05) is 18.0 Å². The van der Waals surface area contributed by atoms with Crippen LogP contribution in [0.3, 0.4) is 0 Å². The molecule has 4 heteroatoms. The first-order valence-corrected chi connectivity index (χ1v) is 6.40. The lowest BCUT2D eigenvalue weighted by atomic mass is 10.2. The van der Waals surface area contributed by atoms with Crippen molar-refractivity contribution >= 4 is 11.6 Å². The number of halogens is 1. The first-order valence-electron chi connectivity index (χ1n) is 6.40. The predicted molar refractivity (Wildman–Crippen MR) is 69.7 cm³/mol. The molecule has 98 valence electrons. The lowest BCUT2D eigenvalue weighted by Gasteiger charge is -2.23. The number of hydrogen-bond acceptors (Lipinski definition) is 2. The molecule has 0 spiro atoms. The zero-order valence-corrected chi connectivity index (χ0v) is 10.6. The van der Waals surface area contributed by atoms with Crippen molar-refractivity contribution in [3.05, 3.63) is 30.1 Å². The van der Waals surface area contributed by atoms with Crippen LogP contribution in [-0.4, -0.2) is 19.0 Å². The van der Waals surface area contributed by atoms with Crippen molar-refractivity contribution in [1.29, 1.82) is 0 Å². The van der Waals surface area contributed by atoms with Crippen molar-refractivity contribution < 1.29 is 9.18 Å². The van der Waals surface area contributed by atoms with Gasteiger partial charge in [-0.05, 0) is 43.5 Å². The summed E-state index contributed by atoms with van der Waals surface area (Å²) in [5.41, 5.74) is 6.12. The van der Waals surface area contributed by atoms with E-state index in [0.717, 1.165) is 12.8 Å². The van der Waals surface area contributed by atoms with Crippen LogP contribution in [0.4, 0.5) is 10.1 Å². The number of nitrogens with two attached hydrogens (primary N) is 1. The third-order valence-electron chi connectivity index (χ3n) is 3.40. The monoisotopic (exact) mass is 250 g/mol. The molecule has 1 saturated carbocycles. The first kappa shape index (κ1) is 13.0.